The molecule has 1 aliphatic heterocycles. The smallest absolute Gasteiger partial charge is 0.159 e. The Hall–Kier alpha value is -7.76. The third kappa shape index (κ3) is 5.80. The molecule has 0 fully saturated rings. The quantitative estimate of drug-likeness (QED) is 0.177. The van der Waals surface area contributed by atoms with Crippen LogP contribution in [0, 0.1) is 0 Å². The fourth-order valence-corrected chi connectivity index (χ4v) is 8.51. The fourth-order valence-electron chi connectivity index (χ4n) is 8.51. The number of nitrogens with zero attached hydrogens (tertiary/aromatic N) is 4. The van der Waals surface area contributed by atoms with Crippen LogP contribution in [0.5, 0.6) is 0 Å². The zero-order valence-electron chi connectivity index (χ0n) is 31.6. The molecule has 1 unspecified atom stereocenters. The monoisotopic (exact) mass is 743 g/mol. The van der Waals surface area contributed by atoms with Gasteiger partial charge in [-0.1, -0.05) is 152 Å². The summed E-state index contributed by atoms with van der Waals surface area (Å²) in [6.07, 6.45) is 1.75. The number of hydrogen-bond acceptors (Lipinski definition) is 4. The minimum Gasteiger partial charge on any atom is -0.358 e. The molecule has 1 N–H and O–H groups in total. The van der Waals surface area contributed by atoms with Crippen molar-refractivity contribution < 1.29 is 0 Å². The van der Waals surface area contributed by atoms with Crippen molar-refractivity contribution in [3.63, 3.8) is 0 Å². The van der Waals surface area contributed by atoms with Gasteiger partial charge in [0.15, 0.2) is 5.82 Å². The molecule has 3 aromatic heterocycles. The molecule has 0 radical (unpaired) electrons. The van der Waals surface area contributed by atoms with E-state index in [-0.39, 0.29) is 6.17 Å². The van der Waals surface area contributed by atoms with Gasteiger partial charge in [0.1, 0.15) is 6.17 Å². The third-order valence-corrected chi connectivity index (χ3v) is 11.3. The van der Waals surface area contributed by atoms with Crippen molar-refractivity contribution >= 4 is 39.0 Å². The summed E-state index contributed by atoms with van der Waals surface area (Å²) >= 11 is 0. The first-order chi connectivity index (χ1) is 28.8. The number of para-hydroxylation sites is 3. The van der Waals surface area contributed by atoms with Crippen LogP contribution in [0.15, 0.2) is 212 Å². The Morgan fingerprint density at radius 2 is 0.983 bits per heavy atom. The van der Waals surface area contributed by atoms with Crippen molar-refractivity contribution in [3.8, 4) is 50.5 Å². The van der Waals surface area contributed by atoms with Crippen LogP contribution in [0.3, 0.4) is 0 Å². The van der Waals surface area contributed by atoms with Gasteiger partial charge in [0, 0.05) is 45.0 Å². The van der Waals surface area contributed by atoms with Gasteiger partial charge in [0.05, 0.1) is 28.1 Å². The Kier molecular flexibility index (Phi) is 8.14. The molecule has 1 atom stereocenters. The highest BCUT2D eigenvalue weighted by atomic mass is 15.4. The zero-order valence-corrected chi connectivity index (χ0v) is 31.6. The number of anilines is 3. The number of rotatable bonds is 7. The molecule has 0 aliphatic carbocycles. The van der Waals surface area contributed by atoms with Crippen LogP contribution in [0.4, 0.5) is 17.2 Å². The van der Waals surface area contributed by atoms with Gasteiger partial charge >= 0.3 is 0 Å². The molecular formula is C53H37N5. The summed E-state index contributed by atoms with van der Waals surface area (Å²) in [5.74, 6) is 0.897. The second kappa shape index (κ2) is 14.1. The molecule has 0 bridgehead atoms. The van der Waals surface area contributed by atoms with Crippen LogP contribution in [0.2, 0.25) is 0 Å². The molecule has 58 heavy (non-hydrogen) atoms. The topological polar surface area (TPSA) is 46.0 Å². The van der Waals surface area contributed by atoms with Crippen molar-refractivity contribution in [2.75, 3.05) is 10.2 Å². The van der Waals surface area contributed by atoms with E-state index in [1.807, 2.05) is 18.3 Å². The first-order valence-electron chi connectivity index (χ1n) is 19.7. The van der Waals surface area contributed by atoms with E-state index in [4.69, 9.17) is 9.97 Å². The highest BCUT2D eigenvalue weighted by Gasteiger charge is 2.34. The molecule has 0 saturated heterocycles. The summed E-state index contributed by atoms with van der Waals surface area (Å²) in [6, 6.07) is 73.0. The summed E-state index contributed by atoms with van der Waals surface area (Å²) in [5, 5.41) is 6.45. The molecule has 4 heterocycles. The van der Waals surface area contributed by atoms with E-state index in [2.05, 4.69) is 209 Å². The van der Waals surface area contributed by atoms with Crippen LogP contribution in [0.25, 0.3) is 72.3 Å². The highest BCUT2D eigenvalue weighted by molar-refractivity contribution is 6.09. The van der Waals surface area contributed by atoms with Gasteiger partial charge < -0.3 is 9.88 Å². The number of benzene rings is 7. The summed E-state index contributed by atoms with van der Waals surface area (Å²) in [5.41, 5.74) is 15.3. The van der Waals surface area contributed by atoms with Crippen LogP contribution < -0.4 is 10.2 Å². The maximum absolute atomic E-state index is 5.10. The molecule has 5 nitrogen and oxygen atoms in total. The molecule has 0 saturated carbocycles. The van der Waals surface area contributed by atoms with Crippen LogP contribution in [-0.2, 0) is 0 Å². The van der Waals surface area contributed by atoms with Crippen LogP contribution in [0.1, 0.15) is 11.7 Å². The minimum absolute atomic E-state index is 0.183. The number of pyridine rings is 2. The van der Waals surface area contributed by atoms with Crippen molar-refractivity contribution in [1.29, 1.82) is 0 Å². The Balaban J connectivity index is 0.989. The average molecular weight is 744 g/mol. The Morgan fingerprint density at radius 3 is 1.62 bits per heavy atom. The third-order valence-electron chi connectivity index (χ3n) is 11.3. The minimum atomic E-state index is -0.183. The summed E-state index contributed by atoms with van der Waals surface area (Å²) in [6.45, 7) is 0. The Labute approximate surface area is 337 Å². The van der Waals surface area contributed by atoms with E-state index in [0.717, 1.165) is 73.2 Å². The lowest BCUT2D eigenvalue weighted by atomic mass is 9.98. The number of nitrogens with one attached hydrogen (secondary N) is 1. The standard InChI is InChI=1S/C53H37N5/c1-4-15-37(16-5-1)47-34-41(35-48(55-47)38-17-6-2-7-18-38)36-27-29-39(30-28-36)52-56-51-44(31-32-54-53(51)58(52)42-20-8-3-9-21-42)40-19-14-22-43(33-40)57-49-25-12-10-23-45(49)46-24-11-13-26-50(46)57/h1-35,52,56H. The van der Waals surface area contributed by atoms with Crippen LogP contribution in [-0.4, -0.2) is 14.5 Å². The predicted octanol–water partition coefficient (Wildman–Crippen LogP) is 13.5. The van der Waals surface area contributed by atoms with E-state index in [0.29, 0.717) is 0 Å². The molecule has 5 heteroatoms. The summed E-state index contributed by atoms with van der Waals surface area (Å²) < 4.78 is 2.37. The van der Waals surface area contributed by atoms with E-state index in [1.54, 1.807) is 0 Å². The largest absolute Gasteiger partial charge is 0.358 e. The Bertz CT molecular complexity index is 2970. The number of hydrogen-bond donors (Lipinski definition) is 1. The number of aromatic nitrogens is 3. The lowest BCUT2D eigenvalue weighted by Crippen LogP contribution is -2.23. The highest BCUT2D eigenvalue weighted by Crippen LogP contribution is 2.49. The average Bonchev–Trinajstić information content (AvgIpc) is 3.87. The molecule has 7 aromatic carbocycles. The molecule has 11 rings (SSSR count). The van der Waals surface area contributed by atoms with Gasteiger partial charge in [-0.2, -0.15) is 0 Å². The van der Waals surface area contributed by atoms with Gasteiger partial charge in [-0.05, 0) is 76.9 Å². The maximum atomic E-state index is 5.10. The molecule has 1 aliphatic rings. The zero-order chi connectivity index (χ0) is 38.4. The Morgan fingerprint density at radius 1 is 0.431 bits per heavy atom. The van der Waals surface area contributed by atoms with Gasteiger partial charge in [0.25, 0.3) is 0 Å². The van der Waals surface area contributed by atoms with Gasteiger partial charge in [-0.25, -0.2) is 9.97 Å². The maximum Gasteiger partial charge on any atom is 0.159 e. The van der Waals surface area contributed by atoms with E-state index < -0.39 is 0 Å². The summed E-state index contributed by atoms with van der Waals surface area (Å²) in [4.78, 5) is 12.4. The first kappa shape index (κ1) is 33.6. The molecule has 274 valence electrons. The normalized spacial score (nSPS) is 13.4. The van der Waals surface area contributed by atoms with Gasteiger partial charge in [-0.15, -0.1) is 0 Å². The number of fused-ring (bicyclic) bond motifs is 4. The van der Waals surface area contributed by atoms with Crippen molar-refractivity contribution in [2.45, 2.75) is 6.17 Å². The lowest BCUT2D eigenvalue weighted by molar-refractivity contribution is 0.820. The summed E-state index contributed by atoms with van der Waals surface area (Å²) in [7, 11) is 0. The molecule has 0 amide bonds. The van der Waals surface area contributed by atoms with Gasteiger partial charge in [-0.3, -0.25) is 4.90 Å². The lowest BCUT2D eigenvalue weighted by Gasteiger charge is -2.26. The van der Waals surface area contributed by atoms with E-state index in [1.165, 1.54) is 21.8 Å². The SMILES string of the molecule is c1ccc(-c2cc(-c3ccc(C4Nc5c(-c6cccc(-n7c8ccccc8c8ccccc87)c6)ccnc5N4c4ccccc4)cc3)cc(-c3ccccc3)n2)cc1. The first-order valence-corrected chi connectivity index (χ1v) is 19.7. The second-order valence-electron chi connectivity index (χ2n) is 14.7. The second-order valence-corrected chi connectivity index (χ2v) is 14.7. The van der Waals surface area contributed by atoms with Crippen molar-refractivity contribution in [3.05, 3.63) is 218 Å². The van der Waals surface area contributed by atoms with Crippen LogP contribution >= 0.6 is 0 Å². The molecule has 10 aromatic rings. The fraction of sp³-hybridized carbons (Fsp3) is 0.0189. The molecular weight excluding hydrogens is 707 g/mol. The van der Waals surface area contributed by atoms with E-state index >= 15 is 0 Å². The van der Waals surface area contributed by atoms with Crippen molar-refractivity contribution in [1.82, 2.24) is 14.5 Å². The van der Waals surface area contributed by atoms with Crippen molar-refractivity contribution in [2.24, 2.45) is 0 Å². The predicted molar refractivity (Wildman–Crippen MR) is 240 cm³/mol. The molecule has 0 spiro atoms. The van der Waals surface area contributed by atoms with E-state index in [9.17, 15) is 0 Å². The van der Waals surface area contributed by atoms with Gasteiger partial charge in [0.2, 0.25) is 0 Å².